The molecule has 60 valence electrons. The quantitative estimate of drug-likeness (QED) is 0.422. The summed E-state index contributed by atoms with van der Waals surface area (Å²) in [6.07, 6.45) is 0. The van der Waals surface area contributed by atoms with Crippen molar-refractivity contribution >= 4 is 29.8 Å². The fraction of sp³-hybridized carbons (Fsp3) is 0. The third-order valence-corrected chi connectivity index (χ3v) is 3.52. The van der Waals surface area contributed by atoms with E-state index in [1.807, 2.05) is 17.1 Å². The van der Waals surface area contributed by atoms with Gasteiger partial charge in [-0.3, -0.25) is 0 Å². The van der Waals surface area contributed by atoms with E-state index in [-0.39, 0.29) is 10.6 Å². The third-order valence-electron chi connectivity index (χ3n) is 1.67. The Kier molecular flexibility index (Phi) is 1.71. The molecule has 1 aromatic heterocycles. The first-order chi connectivity index (χ1) is 5.79. The Morgan fingerprint density at radius 2 is 2.17 bits per heavy atom. The summed E-state index contributed by atoms with van der Waals surface area (Å²) in [5.41, 5.74) is 0.225. The normalized spacial score (nSPS) is 10.3. The molecule has 0 unspecified atom stereocenters. The Morgan fingerprint density at radius 1 is 1.33 bits per heavy atom. The minimum absolute atomic E-state index is 0.225. The molecule has 0 N–H and O–H groups in total. The maximum absolute atomic E-state index is 10.5. The van der Waals surface area contributed by atoms with E-state index in [1.165, 1.54) is 0 Å². The van der Waals surface area contributed by atoms with E-state index >= 15 is 0 Å². The molecule has 0 radical (unpaired) electrons. The van der Waals surface area contributed by atoms with Gasteiger partial charge in [0.1, 0.15) is 0 Å². The topological polar surface area (TPSA) is 43.1 Å². The summed E-state index contributed by atoms with van der Waals surface area (Å²) < 4.78 is 1.11. The molecular formula is C8H5NO2Se. The predicted octanol–water partition coefficient (Wildman–Crippen LogP) is 1.80. The van der Waals surface area contributed by atoms with Gasteiger partial charge in [0, 0.05) is 0 Å². The van der Waals surface area contributed by atoms with Crippen molar-refractivity contribution in [1.82, 2.24) is 0 Å². The summed E-state index contributed by atoms with van der Waals surface area (Å²) in [5.74, 6) is 0. The molecule has 0 bridgehead atoms. The zero-order valence-corrected chi connectivity index (χ0v) is 7.77. The summed E-state index contributed by atoms with van der Waals surface area (Å²) in [7, 11) is 0. The van der Waals surface area contributed by atoms with Crippen LogP contribution in [-0.4, -0.2) is 19.4 Å². The zero-order chi connectivity index (χ0) is 8.55. The van der Waals surface area contributed by atoms with E-state index in [0.29, 0.717) is 14.5 Å². The number of nitrogens with zero attached hydrogens (tertiary/aromatic N) is 1. The SMILES string of the molecule is O=[N+]([O-])c1cccc2[se]ccc12. The molecule has 12 heavy (non-hydrogen) atoms. The van der Waals surface area contributed by atoms with E-state index < -0.39 is 0 Å². The number of nitro groups is 1. The van der Waals surface area contributed by atoms with Crippen molar-refractivity contribution < 1.29 is 4.92 Å². The molecule has 0 saturated heterocycles. The number of hydrogen-bond acceptors (Lipinski definition) is 2. The number of benzene rings is 1. The van der Waals surface area contributed by atoms with E-state index in [2.05, 4.69) is 0 Å². The van der Waals surface area contributed by atoms with Gasteiger partial charge in [0.25, 0.3) is 0 Å². The van der Waals surface area contributed by atoms with Gasteiger partial charge in [0.15, 0.2) is 0 Å². The molecule has 2 rings (SSSR count). The standard InChI is InChI=1S/C8H5NO2Se/c10-9(11)7-2-1-3-8-6(7)4-5-12-8/h1-5H. The van der Waals surface area contributed by atoms with Crippen molar-refractivity contribution in [3.63, 3.8) is 0 Å². The van der Waals surface area contributed by atoms with Crippen LogP contribution in [0.25, 0.3) is 9.65 Å². The van der Waals surface area contributed by atoms with Gasteiger partial charge in [-0.2, -0.15) is 0 Å². The van der Waals surface area contributed by atoms with Gasteiger partial charge in [-0.25, -0.2) is 0 Å². The molecule has 0 saturated carbocycles. The Balaban J connectivity index is 2.82. The summed E-state index contributed by atoms with van der Waals surface area (Å²) >= 11 is 0.293. The van der Waals surface area contributed by atoms with E-state index in [1.54, 1.807) is 12.1 Å². The van der Waals surface area contributed by atoms with Gasteiger partial charge in [-0.1, -0.05) is 0 Å². The van der Waals surface area contributed by atoms with Gasteiger partial charge in [0.05, 0.1) is 0 Å². The molecule has 4 heteroatoms. The van der Waals surface area contributed by atoms with Crippen LogP contribution in [0.1, 0.15) is 0 Å². The number of fused-ring (bicyclic) bond motifs is 1. The molecule has 0 aliphatic rings. The van der Waals surface area contributed by atoms with Gasteiger partial charge in [-0.15, -0.1) is 0 Å². The second-order valence-electron chi connectivity index (χ2n) is 2.37. The number of non-ortho nitro benzene ring substituents is 1. The van der Waals surface area contributed by atoms with E-state index in [9.17, 15) is 10.1 Å². The van der Waals surface area contributed by atoms with Gasteiger partial charge in [0.2, 0.25) is 0 Å². The van der Waals surface area contributed by atoms with Gasteiger partial charge in [-0.05, 0) is 0 Å². The van der Waals surface area contributed by atoms with Crippen LogP contribution in [0.2, 0.25) is 0 Å². The first-order valence-electron chi connectivity index (χ1n) is 3.39. The Hall–Kier alpha value is -1.12. The minimum atomic E-state index is -0.329. The zero-order valence-electron chi connectivity index (χ0n) is 6.06. The fourth-order valence-corrected chi connectivity index (χ4v) is 2.83. The van der Waals surface area contributed by atoms with Crippen molar-refractivity contribution in [1.29, 1.82) is 0 Å². The van der Waals surface area contributed by atoms with Crippen molar-refractivity contribution in [3.05, 3.63) is 39.3 Å². The summed E-state index contributed by atoms with van der Waals surface area (Å²) in [4.78, 5) is 12.2. The predicted molar refractivity (Wildman–Crippen MR) is 47.5 cm³/mol. The average Bonchev–Trinajstić information content (AvgIpc) is 2.49. The molecule has 0 aliphatic heterocycles. The molecule has 0 aliphatic carbocycles. The fourth-order valence-electron chi connectivity index (χ4n) is 1.14. The molecule has 1 aromatic carbocycles. The Bertz CT molecular complexity index is 435. The maximum atomic E-state index is 10.5. The molecule has 1 heterocycles. The molecule has 0 spiro atoms. The first kappa shape index (κ1) is 7.52. The van der Waals surface area contributed by atoms with Crippen LogP contribution in [0.3, 0.4) is 0 Å². The van der Waals surface area contributed by atoms with Gasteiger partial charge < -0.3 is 0 Å². The van der Waals surface area contributed by atoms with Gasteiger partial charge >= 0.3 is 74.1 Å². The van der Waals surface area contributed by atoms with Crippen molar-refractivity contribution in [2.24, 2.45) is 0 Å². The summed E-state index contributed by atoms with van der Waals surface area (Å²) in [6.45, 7) is 0. The van der Waals surface area contributed by atoms with Crippen LogP contribution in [-0.2, 0) is 0 Å². The second kappa shape index (κ2) is 2.73. The van der Waals surface area contributed by atoms with Crippen molar-refractivity contribution in [2.75, 3.05) is 0 Å². The van der Waals surface area contributed by atoms with Crippen LogP contribution < -0.4 is 0 Å². The Labute approximate surface area is 74.5 Å². The number of nitro benzene ring substituents is 1. The van der Waals surface area contributed by atoms with E-state index in [0.717, 1.165) is 9.65 Å². The number of hydrogen-bond donors (Lipinski definition) is 0. The second-order valence-corrected chi connectivity index (χ2v) is 4.35. The van der Waals surface area contributed by atoms with Crippen LogP contribution in [0.15, 0.2) is 29.2 Å². The van der Waals surface area contributed by atoms with E-state index in [4.69, 9.17) is 0 Å². The van der Waals surface area contributed by atoms with Crippen molar-refractivity contribution in [2.45, 2.75) is 0 Å². The third kappa shape index (κ3) is 1.05. The average molecular weight is 226 g/mol. The van der Waals surface area contributed by atoms with Crippen LogP contribution >= 0.6 is 0 Å². The molecule has 0 atom stereocenters. The first-order valence-corrected chi connectivity index (χ1v) is 5.24. The molecule has 0 fully saturated rings. The molecule has 2 aromatic rings. The van der Waals surface area contributed by atoms with Crippen LogP contribution in [0, 0.1) is 10.1 Å². The molecule has 3 nitrogen and oxygen atoms in total. The summed E-state index contributed by atoms with van der Waals surface area (Å²) in [6, 6.07) is 7.08. The summed E-state index contributed by atoms with van der Waals surface area (Å²) in [5, 5.41) is 11.3. The van der Waals surface area contributed by atoms with Crippen LogP contribution in [0.4, 0.5) is 5.69 Å². The molecular weight excluding hydrogens is 221 g/mol. The molecule has 0 amide bonds. The monoisotopic (exact) mass is 227 g/mol. The van der Waals surface area contributed by atoms with Crippen LogP contribution in [0.5, 0.6) is 0 Å². The number of rotatable bonds is 1. The van der Waals surface area contributed by atoms with Crippen molar-refractivity contribution in [3.8, 4) is 0 Å². The Morgan fingerprint density at radius 3 is 2.92 bits per heavy atom.